The average molecular weight is 292 g/mol. The number of hydrogen-bond donors (Lipinski definition) is 1. The van der Waals surface area contributed by atoms with Crippen molar-refractivity contribution >= 4 is 0 Å². The quantitative estimate of drug-likeness (QED) is 0.905. The Morgan fingerprint density at radius 2 is 1.95 bits per heavy atom. The summed E-state index contributed by atoms with van der Waals surface area (Å²) in [7, 11) is 0. The molecule has 1 saturated heterocycles. The van der Waals surface area contributed by atoms with Gasteiger partial charge >= 0.3 is 0 Å². The van der Waals surface area contributed by atoms with E-state index in [9.17, 15) is 0 Å². The number of likely N-dealkylation sites (tertiary alicyclic amines) is 1. The molecule has 1 aliphatic rings. The molecule has 4 nitrogen and oxygen atoms in total. The number of piperidine rings is 1. The second kappa shape index (κ2) is 6.93. The average Bonchev–Trinajstić information content (AvgIpc) is 2.86. The van der Waals surface area contributed by atoms with E-state index in [1.807, 2.05) is 0 Å². The number of nitrogens with one attached hydrogen (secondary N) is 1. The standard InChI is InChI=1S/C17H32N4/c1-14(2)21-11-8-16(19-21)13-20-9-6-15(7-10-20)12-18-17(3,4)5/h8,11,14-15,18H,6-7,9-10,12-13H2,1-5H3. The Bertz CT molecular complexity index is 422. The van der Waals surface area contributed by atoms with Gasteiger partial charge in [-0.3, -0.25) is 9.58 Å². The Balaban J connectivity index is 1.73. The zero-order valence-electron chi connectivity index (χ0n) is 14.4. The Labute approximate surface area is 129 Å². The first kappa shape index (κ1) is 16.5. The fourth-order valence-corrected chi connectivity index (χ4v) is 2.78. The number of nitrogens with zero attached hydrogens (tertiary/aromatic N) is 3. The van der Waals surface area contributed by atoms with Crippen LogP contribution in [0.5, 0.6) is 0 Å². The van der Waals surface area contributed by atoms with Gasteiger partial charge in [0.05, 0.1) is 5.69 Å². The Morgan fingerprint density at radius 1 is 1.29 bits per heavy atom. The molecule has 0 bridgehead atoms. The highest BCUT2D eigenvalue weighted by atomic mass is 15.3. The van der Waals surface area contributed by atoms with Crippen molar-refractivity contribution < 1.29 is 0 Å². The summed E-state index contributed by atoms with van der Waals surface area (Å²) < 4.78 is 2.05. The number of aromatic nitrogens is 2. The lowest BCUT2D eigenvalue weighted by molar-refractivity contribution is 0.168. The van der Waals surface area contributed by atoms with Crippen LogP contribution in [-0.4, -0.2) is 39.9 Å². The molecule has 0 aromatic carbocycles. The molecule has 4 heteroatoms. The normalized spacial score (nSPS) is 18.6. The lowest BCUT2D eigenvalue weighted by atomic mass is 9.95. The van der Waals surface area contributed by atoms with Crippen molar-refractivity contribution in [3.05, 3.63) is 18.0 Å². The largest absolute Gasteiger partial charge is 0.312 e. The van der Waals surface area contributed by atoms with Crippen LogP contribution in [0.3, 0.4) is 0 Å². The zero-order chi connectivity index (χ0) is 15.5. The minimum absolute atomic E-state index is 0.237. The maximum atomic E-state index is 4.65. The van der Waals surface area contributed by atoms with E-state index in [-0.39, 0.29) is 5.54 Å². The molecule has 2 rings (SSSR count). The third-order valence-corrected chi connectivity index (χ3v) is 4.21. The van der Waals surface area contributed by atoms with Gasteiger partial charge in [0.25, 0.3) is 0 Å². The van der Waals surface area contributed by atoms with E-state index in [0.29, 0.717) is 6.04 Å². The van der Waals surface area contributed by atoms with Crippen molar-refractivity contribution in [3.8, 4) is 0 Å². The van der Waals surface area contributed by atoms with E-state index in [1.165, 1.54) is 31.6 Å². The highest BCUT2D eigenvalue weighted by Crippen LogP contribution is 2.19. The van der Waals surface area contributed by atoms with Gasteiger partial charge in [0.2, 0.25) is 0 Å². The van der Waals surface area contributed by atoms with E-state index in [4.69, 9.17) is 0 Å². The van der Waals surface area contributed by atoms with Gasteiger partial charge in [0.1, 0.15) is 0 Å². The fraction of sp³-hybridized carbons (Fsp3) is 0.824. The van der Waals surface area contributed by atoms with Crippen LogP contribution in [-0.2, 0) is 6.54 Å². The van der Waals surface area contributed by atoms with Crippen molar-refractivity contribution in [2.24, 2.45) is 5.92 Å². The minimum Gasteiger partial charge on any atom is -0.312 e. The summed E-state index contributed by atoms with van der Waals surface area (Å²) in [5.41, 5.74) is 1.44. The van der Waals surface area contributed by atoms with Crippen molar-refractivity contribution in [2.75, 3.05) is 19.6 Å². The maximum absolute atomic E-state index is 4.65. The molecular weight excluding hydrogens is 260 g/mol. The molecule has 1 aromatic heterocycles. The Hall–Kier alpha value is -0.870. The molecular formula is C17H32N4. The second-order valence-corrected chi connectivity index (χ2v) is 7.73. The zero-order valence-corrected chi connectivity index (χ0v) is 14.4. The fourth-order valence-electron chi connectivity index (χ4n) is 2.78. The van der Waals surface area contributed by atoms with Crippen LogP contribution < -0.4 is 5.32 Å². The van der Waals surface area contributed by atoms with Gasteiger partial charge in [0, 0.05) is 24.3 Å². The predicted octanol–water partition coefficient (Wildman–Crippen LogP) is 3.06. The number of rotatable bonds is 5. The van der Waals surface area contributed by atoms with Crippen molar-refractivity contribution in [3.63, 3.8) is 0 Å². The van der Waals surface area contributed by atoms with E-state index in [2.05, 4.69) is 66.9 Å². The highest BCUT2D eigenvalue weighted by Gasteiger charge is 2.21. The Kier molecular flexibility index (Phi) is 5.44. The molecule has 0 atom stereocenters. The SMILES string of the molecule is CC(C)n1ccc(CN2CCC(CNC(C)(C)C)CC2)n1. The van der Waals surface area contributed by atoms with Gasteiger partial charge in [-0.1, -0.05) is 0 Å². The van der Waals surface area contributed by atoms with Gasteiger partial charge in [-0.2, -0.15) is 5.10 Å². The smallest absolute Gasteiger partial charge is 0.0764 e. The van der Waals surface area contributed by atoms with E-state index in [1.54, 1.807) is 0 Å². The molecule has 0 spiro atoms. The summed E-state index contributed by atoms with van der Waals surface area (Å²) in [4.78, 5) is 2.54. The van der Waals surface area contributed by atoms with Crippen LogP contribution in [0.25, 0.3) is 0 Å². The summed E-state index contributed by atoms with van der Waals surface area (Å²) in [6.07, 6.45) is 4.70. The first-order valence-corrected chi connectivity index (χ1v) is 8.35. The van der Waals surface area contributed by atoms with Gasteiger partial charge < -0.3 is 5.32 Å². The summed E-state index contributed by atoms with van der Waals surface area (Å²) in [6.45, 7) is 15.6. The molecule has 1 fully saturated rings. The topological polar surface area (TPSA) is 33.1 Å². The second-order valence-electron chi connectivity index (χ2n) is 7.73. The predicted molar refractivity (Wildman–Crippen MR) is 88.4 cm³/mol. The van der Waals surface area contributed by atoms with Gasteiger partial charge in [0.15, 0.2) is 0 Å². The van der Waals surface area contributed by atoms with E-state index in [0.717, 1.165) is 19.0 Å². The van der Waals surface area contributed by atoms with Crippen LogP contribution in [0.1, 0.15) is 59.2 Å². The third-order valence-electron chi connectivity index (χ3n) is 4.21. The molecule has 0 amide bonds. The molecule has 2 heterocycles. The maximum Gasteiger partial charge on any atom is 0.0764 e. The van der Waals surface area contributed by atoms with E-state index < -0.39 is 0 Å². The van der Waals surface area contributed by atoms with Crippen LogP contribution in [0.4, 0.5) is 0 Å². The van der Waals surface area contributed by atoms with Crippen LogP contribution in [0, 0.1) is 5.92 Å². The first-order chi connectivity index (χ1) is 9.83. The Morgan fingerprint density at radius 3 is 2.48 bits per heavy atom. The lowest BCUT2D eigenvalue weighted by Crippen LogP contribution is -2.42. The molecule has 0 aliphatic carbocycles. The summed E-state index contributed by atoms with van der Waals surface area (Å²) in [5.74, 6) is 0.827. The van der Waals surface area contributed by atoms with E-state index >= 15 is 0 Å². The molecule has 1 aliphatic heterocycles. The molecule has 21 heavy (non-hydrogen) atoms. The third kappa shape index (κ3) is 5.44. The van der Waals surface area contributed by atoms with Crippen molar-refractivity contribution in [1.29, 1.82) is 0 Å². The van der Waals surface area contributed by atoms with Gasteiger partial charge in [-0.05, 0) is 79.1 Å². The lowest BCUT2D eigenvalue weighted by Gasteiger charge is -2.33. The van der Waals surface area contributed by atoms with Crippen LogP contribution >= 0.6 is 0 Å². The van der Waals surface area contributed by atoms with Gasteiger partial charge in [-0.15, -0.1) is 0 Å². The summed E-state index contributed by atoms with van der Waals surface area (Å²) >= 11 is 0. The molecule has 1 aromatic rings. The molecule has 0 saturated carbocycles. The number of hydrogen-bond acceptors (Lipinski definition) is 3. The first-order valence-electron chi connectivity index (χ1n) is 8.35. The van der Waals surface area contributed by atoms with Crippen LogP contribution in [0.2, 0.25) is 0 Å². The van der Waals surface area contributed by atoms with Crippen molar-refractivity contribution in [2.45, 2.75) is 65.6 Å². The van der Waals surface area contributed by atoms with Crippen molar-refractivity contribution in [1.82, 2.24) is 20.0 Å². The highest BCUT2D eigenvalue weighted by molar-refractivity contribution is 4.99. The van der Waals surface area contributed by atoms with Gasteiger partial charge in [-0.25, -0.2) is 0 Å². The molecule has 0 unspecified atom stereocenters. The summed E-state index contributed by atoms with van der Waals surface area (Å²) in [6, 6.07) is 2.61. The molecule has 1 N–H and O–H groups in total. The van der Waals surface area contributed by atoms with Crippen LogP contribution in [0.15, 0.2) is 12.3 Å². The monoisotopic (exact) mass is 292 g/mol. The minimum atomic E-state index is 0.237. The molecule has 120 valence electrons. The summed E-state index contributed by atoms with van der Waals surface area (Å²) in [5, 5.41) is 8.29. The molecule has 0 radical (unpaired) electrons.